The predicted octanol–water partition coefficient (Wildman–Crippen LogP) is 1.15. The van der Waals surface area contributed by atoms with E-state index in [0.29, 0.717) is 25.9 Å². The molecule has 6 heteroatoms. The molecule has 2 fully saturated rings. The molecule has 21 heavy (non-hydrogen) atoms. The molecular weight excluding hydrogens is 272 g/mol. The summed E-state index contributed by atoms with van der Waals surface area (Å²) in [6.45, 7) is 2.96. The summed E-state index contributed by atoms with van der Waals surface area (Å²) in [7, 11) is 0. The maximum absolute atomic E-state index is 12.4. The number of carboxylic acids is 1. The van der Waals surface area contributed by atoms with Crippen molar-refractivity contribution in [2.24, 2.45) is 5.92 Å². The minimum atomic E-state index is -0.880. The first-order chi connectivity index (χ1) is 9.96. The lowest BCUT2D eigenvalue weighted by molar-refractivity contribution is -0.140. The molecule has 1 atom stereocenters. The quantitative estimate of drug-likeness (QED) is 0.796. The van der Waals surface area contributed by atoms with Crippen molar-refractivity contribution in [3.05, 3.63) is 0 Å². The van der Waals surface area contributed by atoms with Crippen molar-refractivity contribution in [2.75, 3.05) is 13.1 Å². The molecule has 2 N–H and O–H groups in total. The van der Waals surface area contributed by atoms with Gasteiger partial charge in [0.1, 0.15) is 0 Å². The molecule has 0 bridgehead atoms. The molecule has 0 radical (unpaired) electrons. The van der Waals surface area contributed by atoms with E-state index in [-0.39, 0.29) is 30.6 Å². The van der Waals surface area contributed by atoms with Gasteiger partial charge in [0.25, 0.3) is 0 Å². The lowest BCUT2D eigenvalue weighted by atomic mass is 9.79. The van der Waals surface area contributed by atoms with Gasteiger partial charge in [0, 0.05) is 19.5 Å². The lowest BCUT2D eigenvalue weighted by Crippen LogP contribution is -2.53. The van der Waals surface area contributed by atoms with Crippen molar-refractivity contribution in [1.82, 2.24) is 10.2 Å². The van der Waals surface area contributed by atoms with E-state index in [9.17, 15) is 14.4 Å². The molecule has 118 valence electrons. The van der Waals surface area contributed by atoms with E-state index in [1.165, 1.54) is 0 Å². The zero-order valence-corrected chi connectivity index (χ0v) is 12.6. The molecule has 0 aromatic heterocycles. The zero-order chi connectivity index (χ0) is 15.5. The molecule has 2 amide bonds. The monoisotopic (exact) mass is 296 g/mol. The molecule has 1 unspecified atom stereocenters. The van der Waals surface area contributed by atoms with E-state index in [1.807, 2.05) is 6.92 Å². The third-order valence-electron chi connectivity index (χ3n) is 4.66. The number of aliphatic carboxylic acids is 1. The number of carbonyl (C=O) groups is 3. The number of nitrogens with zero attached hydrogens (tertiary/aromatic N) is 1. The van der Waals surface area contributed by atoms with Crippen LogP contribution in [0, 0.1) is 5.92 Å². The molecule has 1 heterocycles. The number of carboxylic acid groups (broad SMARTS) is 1. The maximum atomic E-state index is 12.4. The summed E-state index contributed by atoms with van der Waals surface area (Å²) >= 11 is 0. The summed E-state index contributed by atoms with van der Waals surface area (Å²) in [6, 6.07) is 0. The van der Waals surface area contributed by atoms with Gasteiger partial charge in [-0.25, -0.2) is 0 Å². The minimum absolute atomic E-state index is 0.00794. The van der Waals surface area contributed by atoms with Crippen LogP contribution in [0.25, 0.3) is 0 Å². The number of amides is 2. The summed E-state index contributed by atoms with van der Waals surface area (Å²) in [5, 5.41) is 12.1. The zero-order valence-electron chi connectivity index (χ0n) is 12.6. The van der Waals surface area contributed by atoms with Crippen LogP contribution in [0.4, 0.5) is 0 Å². The molecule has 0 spiro atoms. The second-order valence-electron chi connectivity index (χ2n) is 6.23. The van der Waals surface area contributed by atoms with E-state index in [0.717, 1.165) is 19.3 Å². The number of hydrogen-bond acceptors (Lipinski definition) is 3. The Morgan fingerprint density at radius 1 is 1.33 bits per heavy atom. The normalized spacial score (nSPS) is 24.9. The molecule has 1 saturated carbocycles. The maximum Gasteiger partial charge on any atom is 0.305 e. The van der Waals surface area contributed by atoms with Crippen LogP contribution in [0.3, 0.4) is 0 Å². The minimum Gasteiger partial charge on any atom is -0.481 e. The summed E-state index contributed by atoms with van der Waals surface area (Å²) in [4.78, 5) is 36.9. The Bertz CT molecular complexity index is 429. The first-order valence-corrected chi connectivity index (χ1v) is 7.77. The summed E-state index contributed by atoms with van der Waals surface area (Å²) in [5.74, 6) is -1.38. The van der Waals surface area contributed by atoms with Crippen molar-refractivity contribution in [3.8, 4) is 0 Å². The van der Waals surface area contributed by atoms with Crippen molar-refractivity contribution >= 4 is 17.8 Å². The van der Waals surface area contributed by atoms with E-state index in [4.69, 9.17) is 5.11 Å². The number of hydrogen-bond donors (Lipinski definition) is 2. The highest BCUT2D eigenvalue weighted by Crippen LogP contribution is 2.32. The molecule has 6 nitrogen and oxygen atoms in total. The lowest BCUT2D eigenvalue weighted by Gasteiger charge is -2.37. The van der Waals surface area contributed by atoms with Crippen LogP contribution >= 0.6 is 0 Å². The van der Waals surface area contributed by atoms with Gasteiger partial charge < -0.3 is 15.3 Å². The summed E-state index contributed by atoms with van der Waals surface area (Å²) < 4.78 is 0. The van der Waals surface area contributed by atoms with Crippen LogP contribution < -0.4 is 5.32 Å². The topological polar surface area (TPSA) is 86.7 Å². The van der Waals surface area contributed by atoms with Crippen LogP contribution in [-0.2, 0) is 14.4 Å². The van der Waals surface area contributed by atoms with E-state index in [1.54, 1.807) is 4.90 Å². The van der Waals surface area contributed by atoms with Crippen molar-refractivity contribution in [3.63, 3.8) is 0 Å². The Hall–Kier alpha value is -1.59. The van der Waals surface area contributed by atoms with Crippen LogP contribution in [0.2, 0.25) is 0 Å². The Labute approximate surface area is 124 Å². The molecule has 1 aliphatic carbocycles. The van der Waals surface area contributed by atoms with Gasteiger partial charge in [-0.3, -0.25) is 14.4 Å². The van der Waals surface area contributed by atoms with Gasteiger partial charge in [0.15, 0.2) is 0 Å². The molecular formula is C15H24N2O4. The molecule has 2 rings (SSSR count). The van der Waals surface area contributed by atoms with Gasteiger partial charge >= 0.3 is 5.97 Å². The van der Waals surface area contributed by atoms with Crippen LogP contribution in [0.1, 0.15) is 51.9 Å². The largest absolute Gasteiger partial charge is 0.481 e. The third kappa shape index (κ3) is 3.74. The smallest absolute Gasteiger partial charge is 0.305 e. The van der Waals surface area contributed by atoms with Gasteiger partial charge in [-0.05, 0) is 19.8 Å². The number of rotatable bonds is 5. The van der Waals surface area contributed by atoms with Gasteiger partial charge in [0.2, 0.25) is 11.8 Å². The van der Waals surface area contributed by atoms with E-state index in [2.05, 4.69) is 5.32 Å². The predicted molar refractivity (Wildman–Crippen MR) is 76.6 cm³/mol. The second-order valence-corrected chi connectivity index (χ2v) is 6.23. The van der Waals surface area contributed by atoms with Gasteiger partial charge in [-0.15, -0.1) is 0 Å². The molecule has 1 aliphatic heterocycles. The molecule has 1 saturated heterocycles. The van der Waals surface area contributed by atoms with Gasteiger partial charge in [-0.2, -0.15) is 0 Å². The molecule has 2 aliphatic rings. The SMILES string of the molecule is CCN1CC(C(=O)NC2(CC(=O)O)CCCCC2)CC1=O. The number of nitrogens with one attached hydrogen (secondary N) is 1. The second kappa shape index (κ2) is 6.45. The standard InChI is InChI=1S/C15H24N2O4/c1-2-17-10-11(8-12(17)18)14(21)16-15(9-13(19)20)6-4-3-5-7-15/h11H,2-10H2,1H3,(H,16,21)(H,19,20). The first kappa shape index (κ1) is 15.8. The summed E-state index contributed by atoms with van der Waals surface area (Å²) in [6.07, 6.45) is 4.60. The fourth-order valence-electron chi connectivity index (χ4n) is 3.48. The van der Waals surface area contributed by atoms with Crippen molar-refractivity contribution in [1.29, 1.82) is 0 Å². The highest BCUT2D eigenvalue weighted by atomic mass is 16.4. The average Bonchev–Trinajstić information content (AvgIpc) is 2.80. The molecule has 0 aromatic carbocycles. The Balaban J connectivity index is 2.01. The highest BCUT2D eigenvalue weighted by molar-refractivity contribution is 5.89. The average molecular weight is 296 g/mol. The summed E-state index contributed by atoms with van der Waals surface area (Å²) in [5.41, 5.74) is -0.621. The first-order valence-electron chi connectivity index (χ1n) is 7.77. The van der Waals surface area contributed by atoms with Crippen molar-refractivity contribution < 1.29 is 19.5 Å². The van der Waals surface area contributed by atoms with E-state index >= 15 is 0 Å². The van der Waals surface area contributed by atoms with E-state index < -0.39 is 11.5 Å². The Morgan fingerprint density at radius 3 is 2.52 bits per heavy atom. The third-order valence-corrected chi connectivity index (χ3v) is 4.66. The van der Waals surface area contributed by atoms with Crippen LogP contribution in [0.15, 0.2) is 0 Å². The fraction of sp³-hybridized carbons (Fsp3) is 0.800. The Morgan fingerprint density at radius 2 is 2.00 bits per heavy atom. The van der Waals surface area contributed by atoms with Crippen LogP contribution in [-0.4, -0.2) is 46.4 Å². The highest BCUT2D eigenvalue weighted by Gasteiger charge is 2.40. The molecule has 0 aromatic rings. The fourth-order valence-corrected chi connectivity index (χ4v) is 3.48. The van der Waals surface area contributed by atoms with Crippen molar-refractivity contribution in [2.45, 2.75) is 57.4 Å². The number of likely N-dealkylation sites (tertiary alicyclic amines) is 1. The van der Waals surface area contributed by atoms with Crippen LogP contribution in [0.5, 0.6) is 0 Å². The Kier molecular flexibility index (Phi) is 4.85. The van der Waals surface area contributed by atoms with Gasteiger partial charge in [0.05, 0.1) is 17.9 Å². The number of carbonyl (C=O) groups excluding carboxylic acids is 2. The van der Waals surface area contributed by atoms with Gasteiger partial charge in [-0.1, -0.05) is 19.3 Å².